The van der Waals surface area contributed by atoms with Gasteiger partial charge in [0.2, 0.25) is 0 Å². The highest BCUT2D eigenvalue weighted by Gasteiger charge is 2.16. The molecule has 3 aromatic carbocycles. The molecule has 0 amide bonds. The second-order valence-corrected chi connectivity index (χ2v) is 8.37. The van der Waals surface area contributed by atoms with E-state index < -0.39 is 5.97 Å². The van der Waals surface area contributed by atoms with E-state index >= 15 is 0 Å². The number of carbonyl (C=O) groups is 1. The quantitative estimate of drug-likeness (QED) is 0.338. The van der Waals surface area contributed by atoms with Crippen LogP contribution in [0.4, 0.5) is 0 Å². The Labute approximate surface area is 196 Å². The van der Waals surface area contributed by atoms with Crippen LogP contribution in [0.1, 0.15) is 10.6 Å². The smallest absolute Gasteiger partial charge is 0.341 e. The summed E-state index contributed by atoms with van der Waals surface area (Å²) in [6, 6.07) is 23.3. The Morgan fingerprint density at radius 1 is 0.939 bits per heavy atom. The summed E-state index contributed by atoms with van der Waals surface area (Å²) in [6.45, 7) is 1.78. The van der Waals surface area contributed by atoms with Gasteiger partial charge in [-0.05, 0) is 48.4 Å². The largest absolute Gasteiger partial charge is 0.497 e. The van der Waals surface area contributed by atoms with Gasteiger partial charge in [0.05, 0.1) is 17.7 Å². The van der Waals surface area contributed by atoms with Crippen molar-refractivity contribution in [1.29, 1.82) is 0 Å². The molecule has 0 aliphatic heterocycles. The molecule has 7 heteroatoms. The van der Waals surface area contributed by atoms with Gasteiger partial charge < -0.3 is 19.3 Å². The van der Waals surface area contributed by atoms with E-state index in [1.165, 1.54) is 0 Å². The molecule has 6 nitrogen and oxygen atoms in total. The predicted octanol–water partition coefficient (Wildman–Crippen LogP) is 5.84. The molecule has 1 aromatic heterocycles. The summed E-state index contributed by atoms with van der Waals surface area (Å²) in [5.74, 6) is 0.957. The standard InChI is InChI=1S/C26H23NO5S/c1-17-13-21(11-12-22(17)32-16-24(28)29)31-15-23-27-25(18-7-4-3-5-8-18)26(33-23)19-9-6-10-20(14-19)30-2/h3-14H,15-16H2,1-2H3,(H,28,29). The van der Waals surface area contributed by atoms with Crippen molar-refractivity contribution >= 4 is 17.3 Å². The zero-order valence-corrected chi connectivity index (χ0v) is 19.1. The number of thiazole rings is 1. The molecule has 1 N–H and O–H groups in total. The summed E-state index contributed by atoms with van der Waals surface area (Å²) in [4.78, 5) is 16.6. The van der Waals surface area contributed by atoms with E-state index in [1.54, 1.807) is 30.6 Å². The first-order valence-corrected chi connectivity index (χ1v) is 11.1. The fraction of sp³-hybridized carbons (Fsp3) is 0.154. The Kier molecular flexibility index (Phi) is 6.90. The van der Waals surface area contributed by atoms with Gasteiger partial charge in [-0.1, -0.05) is 42.5 Å². The van der Waals surface area contributed by atoms with Crippen LogP contribution in [-0.4, -0.2) is 29.8 Å². The summed E-state index contributed by atoms with van der Waals surface area (Å²) >= 11 is 1.58. The summed E-state index contributed by atoms with van der Waals surface area (Å²) in [7, 11) is 1.66. The maximum atomic E-state index is 10.7. The number of aliphatic carboxylic acids is 1. The molecule has 0 aliphatic carbocycles. The van der Waals surface area contributed by atoms with Gasteiger partial charge >= 0.3 is 5.97 Å². The van der Waals surface area contributed by atoms with E-state index in [0.29, 0.717) is 18.1 Å². The van der Waals surface area contributed by atoms with Gasteiger partial charge in [0.15, 0.2) is 6.61 Å². The summed E-state index contributed by atoms with van der Waals surface area (Å²) in [5, 5.41) is 9.63. The average molecular weight is 462 g/mol. The first-order chi connectivity index (χ1) is 16.0. The van der Waals surface area contributed by atoms with Gasteiger partial charge in [-0.2, -0.15) is 0 Å². The number of hydrogen-bond donors (Lipinski definition) is 1. The fourth-order valence-electron chi connectivity index (χ4n) is 3.34. The van der Waals surface area contributed by atoms with E-state index in [0.717, 1.165) is 38.0 Å². The van der Waals surface area contributed by atoms with Gasteiger partial charge in [-0.15, -0.1) is 11.3 Å². The first kappa shape index (κ1) is 22.4. The van der Waals surface area contributed by atoms with Crippen LogP contribution in [0.15, 0.2) is 72.8 Å². The number of rotatable bonds is 9. The number of methoxy groups -OCH3 is 1. The van der Waals surface area contributed by atoms with Crippen LogP contribution < -0.4 is 14.2 Å². The summed E-state index contributed by atoms with van der Waals surface area (Å²) in [6.07, 6.45) is 0. The molecule has 0 saturated carbocycles. The third-order valence-electron chi connectivity index (χ3n) is 4.91. The Morgan fingerprint density at radius 3 is 2.45 bits per heavy atom. The Morgan fingerprint density at radius 2 is 1.73 bits per heavy atom. The van der Waals surface area contributed by atoms with E-state index in [-0.39, 0.29) is 6.61 Å². The number of carboxylic acid groups (broad SMARTS) is 1. The molecule has 0 radical (unpaired) electrons. The van der Waals surface area contributed by atoms with Crippen LogP contribution in [-0.2, 0) is 11.4 Å². The lowest BCUT2D eigenvalue weighted by Gasteiger charge is -2.09. The minimum absolute atomic E-state index is 0.309. The maximum Gasteiger partial charge on any atom is 0.341 e. The lowest BCUT2D eigenvalue weighted by atomic mass is 10.1. The molecule has 0 bridgehead atoms. The van der Waals surface area contributed by atoms with Crippen LogP contribution in [0.2, 0.25) is 0 Å². The molecule has 33 heavy (non-hydrogen) atoms. The highest BCUT2D eigenvalue weighted by atomic mass is 32.1. The molecule has 4 rings (SSSR count). The van der Waals surface area contributed by atoms with Crippen molar-refractivity contribution in [2.75, 3.05) is 13.7 Å². The van der Waals surface area contributed by atoms with Crippen molar-refractivity contribution in [3.63, 3.8) is 0 Å². The topological polar surface area (TPSA) is 77.9 Å². The van der Waals surface area contributed by atoms with Crippen molar-refractivity contribution < 1.29 is 24.1 Å². The van der Waals surface area contributed by atoms with Crippen molar-refractivity contribution in [3.8, 4) is 38.9 Å². The molecular weight excluding hydrogens is 438 g/mol. The van der Waals surface area contributed by atoms with Crippen LogP contribution in [0.25, 0.3) is 21.7 Å². The van der Waals surface area contributed by atoms with Crippen molar-refractivity contribution in [1.82, 2.24) is 4.98 Å². The third-order valence-corrected chi connectivity index (χ3v) is 5.99. The van der Waals surface area contributed by atoms with Gasteiger partial charge in [-0.25, -0.2) is 9.78 Å². The molecule has 168 valence electrons. The monoisotopic (exact) mass is 461 g/mol. The van der Waals surface area contributed by atoms with Crippen LogP contribution in [0, 0.1) is 6.92 Å². The molecule has 0 aliphatic rings. The molecule has 0 atom stereocenters. The minimum Gasteiger partial charge on any atom is -0.497 e. The van der Waals surface area contributed by atoms with Gasteiger partial charge in [0.25, 0.3) is 0 Å². The molecule has 0 saturated heterocycles. The minimum atomic E-state index is -1.01. The fourth-order valence-corrected chi connectivity index (χ4v) is 4.33. The second kappa shape index (κ2) is 10.2. The van der Waals surface area contributed by atoms with Crippen molar-refractivity contribution in [2.45, 2.75) is 13.5 Å². The predicted molar refractivity (Wildman–Crippen MR) is 128 cm³/mol. The zero-order valence-electron chi connectivity index (χ0n) is 18.3. The third kappa shape index (κ3) is 5.51. The Balaban J connectivity index is 1.58. The molecule has 0 spiro atoms. The van der Waals surface area contributed by atoms with E-state index in [2.05, 4.69) is 0 Å². The van der Waals surface area contributed by atoms with E-state index in [1.807, 2.05) is 67.6 Å². The molecule has 1 heterocycles. The second-order valence-electron chi connectivity index (χ2n) is 7.28. The molecule has 0 unspecified atom stereocenters. The van der Waals surface area contributed by atoms with E-state index in [9.17, 15) is 4.79 Å². The Bertz CT molecular complexity index is 1250. The first-order valence-electron chi connectivity index (χ1n) is 10.3. The molecule has 0 fully saturated rings. The Hall–Kier alpha value is -3.84. The van der Waals surface area contributed by atoms with Crippen LogP contribution in [0.5, 0.6) is 17.2 Å². The average Bonchev–Trinajstić information content (AvgIpc) is 3.27. The number of aryl methyl sites for hydroxylation is 1. The SMILES string of the molecule is COc1cccc(-c2sc(COc3ccc(OCC(=O)O)c(C)c3)nc2-c2ccccc2)c1. The summed E-state index contributed by atoms with van der Waals surface area (Å²) in [5.41, 5.74) is 3.78. The summed E-state index contributed by atoms with van der Waals surface area (Å²) < 4.78 is 16.7. The number of carboxylic acids is 1. The highest BCUT2D eigenvalue weighted by Crippen LogP contribution is 2.38. The number of aromatic nitrogens is 1. The zero-order chi connectivity index (χ0) is 23.2. The number of nitrogens with zero attached hydrogens (tertiary/aromatic N) is 1. The lowest BCUT2D eigenvalue weighted by Crippen LogP contribution is -2.10. The van der Waals surface area contributed by atoms with Crippen molar-refractivity contribution in [2.24, 2.45) is 0 Å². The highest BCUT2D eigenvalue weighted by molar-refractivity contribution is 7.15. The molecule has 4 aromatic rings. The van der Waals surface area contributed by atoms with E-state index in [4.69, 9.17) is 24.3 Å². The van der Waals surface area contributed by atoms with Crippen molar-refractivity contribution in [3.05, 3.63) is 83.4 Å². The normalized spacial score (nSPS) is 10.6. The van der Waals surface area contributed by atoms with Gasteiger partial charge in [-0.3, -0.25) is 0 Å². The van der Waals surface area contributed by atoms with Crippen LogP contribution >= 0.6 is 11.3 Å². The molecular formula is C26H23NO5S. The van der Waals surface area contributed by atoms with Gasteiger partial charge in [0, 0.05) is 5.56 Å². The number of hydrogen-bond acceptors (Lipinski definition) is 6. The van der Waals surface area contributed by atoms with Gasteiger partial charge in [0.1, 0.15) is 28.9 Å². The lowest BCUT2D eigenvalue weighted by molar-refractivity contribution is -0.139. The number of benzene rings is 3. The number of ether oxygens (including phenoxy) is 3. The maximum absolute atomic E-state index is 10.7. The van der Waals surface area contributed by atoms with Crippen LogP contribution in [0.3, 0.4) is 0 Å².